The molecule has 1 atom stereocenters. The second-order valence-corrected chi connectivity index (χ2v) is 3.74. The van der Waals surface area contributed by atoms with Gasteiger partial charge in [-0.25, -0.2) is 0 Å². The van der Waals surface area contributed by atoms with E-state index in [2.05, 4.69) is 0 Å². The van der Waals surface area contributed by atoms with Crippen molar-refractivity contribution in [2.45, 2.75) is 19.1 Å². The van der Waals surface area contributed by atoms with Gasteiger partial charge in [0.1, 0.15) is 0 Å². The maximum absolute atomic E-state index is 9.51. The largest absolute Gasteiger partial charge is 0.512 e. The predicted molar refractivity (Wildman–Crippen MR) is 54.2 cm³/mol. The van der Waals surface area contributed by atoms with Crippen LogP contribution in [0.1, 0.15) is 12.8 Å². The molecule has 1 unspecified atom stereocenters. The van der Waals surface area contributed by atoms with Gasteiger partial charge in [-0.2, -0.15) is 0 Å². The van der Waals surface area contributed by atoms with E-state index in [0.717, 1.165) is 12.2 Å². The monoisotopic (exact) mass is 212 g/mol. The van der Waals surface area contributed by atoms with Gasteiger partial charge in [-0.3, -0.25) is 0 Å². The summed E-state index contributed by atoms with van der Waals surface area (Å²) < 4.78 is 15.8. The molecule has 84 valence electrons. The van der Waals surface area contributed by atoms with Crippen LogP contribution in [0.3, 0.4) is 0 Å². The van der Waals surface area contributed by atoms with Crippen molar-refractivity contribution in [3.05, 3.63) is 23.7 Å². The molecule has 0 aromatic heterocycles. The number of rotatable bonds is 3. The number of methoxy groups -OCH3 is 1. The first-order valence-electron chi connectivity index (χ1n) is 5.15. The Balaban J connectivity index is 1.94. The van der Waals surface area contributed by atoms with E-state index in [1.54, 1.807) is 7.11 Å². The summed E-state index contributed by atoms with van der Waals surface area (Å²) in [5.41, 5.74) is 0. The van der Waals surface area contributed by atoms with Crippen LogP contribution in [-0.4, -0.2) is 31.7 Å². The third kappa shape index (κ3) is 2.73. The Morgan fingerprint density at radius 2 is 2.13 bits per heavy atom. The molecule has 15 heavy (non-hydrogen) atoms. The highest BCUT2D eigenvalue weighted by Crippen LogP contribution is 2.26. The van der Waals surface area contributed by atoms with E-state index in [1.807, 2.05) is 12.2 Å². The first-order valence-corrected chi connectivity index (χ1v) is 5.15. The van der Waals surface area contributed by atoms with Gasteiger partial charge in [0.05, 0.1) is 38.3 Å². The number of ether oxygens (including phenoxy) is 3. The summed E-state index contributed by atoms with van der Waals surface area (Å²) in [4.78, 5) is 0. The summed E-state index contributed by atoms with van der Waals surface area (Å²) in [7, 11) is 1.62. The van der Waals surface area contributed by atoms with Crippen LogP contribution in [0.15, 0.2) is 23.7 Å². The fraction of sp³-hybridized carbons (Fsp3) is 0.636. The van der Waals surface area contributed by atoms with Crippen molar-refractivity contribution in [2.75, 3.05) is 20.3 Å². The highest BCUT2D eigenvalue weighted by molar-refractivity contribution is 5.17. The molecule has 1 fully saturated rings. The molecule has 1 N–H and O–H groups in total. The maximum Gasteiger partial charge on any atom is 0.158 e. The lowest BCUT2D eigenvalue weighted by atomic mass is 9.97. The standard InChI is InChI=1S/C11H16O4/c1-13-10-5-8(4-9(12)7-10)6-11-14-2-3-15-11/h4-5,8,11-12H,2-3,6-7H2,1H3. The van der Waals surface area contributed by atoms with Crippen LogP contribution < -0.4 is 0 Å². The fourth-order valence-electron chi connectivity index (χ4n) is 1.87. The van der Waals surface area contributed by atoms with Gasteiger partial charge < -0.3 is 19.3 Å². The molecule has 1 aliphatic heterocycles. The van der Waals surface area contributed by atoms with E-state index < -0.39 is 0 Å². The van der Waals surface area contributed by atoms with Crippen molar-refractivity contribution in [3.63, 3.8) is 0 Å². The molecule has 0 saturated carbocycles. The predicted octanol–water partition coefficient (Wildman–Crippen LogP) is 1.74. The average molecular weight is 212 g/mol. The summed E-state index contributed by atoms with van der Waals surface area (Å²) >= 11 is 0. The molecule has 0 amide bonds. The van der Waals surface area contributed by atoms with Crippen LogP contribution in [0.25, 0.3) is 0 Å². The van der Waals surface area contributed by atoms with E-state index in [-0.39, 0.29) is 12.2 Å². The minimum Gasteiger partial charge on any atom is -0.512 e. The van der Waals surface area contributed by atoms with Gasteiger partial charge in [0.15, 0.2) is 6.29 Å². The quantitative estimate of drug-likeness (QED) is 0.774. The normalized spacial score (nSPS) is 27.4. The Kier molecular flexibility index (Phi) is 3.28. The summed E-state index contributed by atoms with van der Waals surface area (Å²) in [6.07, 6.45) is 4.90. The number of aliphatic hydroxyl groups excluding tert-OH is 1. The Morgan fingerprint density at radius 3 is 2.80 bits per heavy atom. The molecule has 0 spiro atoms. The molecule has 4 heteroatoms. The van der Waals surface area contributed by atoms with Gasteiger partial charge >= 0.3 is 0 Å². The Morgan fingerprint density at radius 1 is 1.40 bits per heavy atom. The van der Waals surface area contributed by atoms with Gasteiger partial charge in [-0.1, -0.05) is 0 Å². The molecule has 0 aromatic rings. The Labute approximate surface area is 89.1 Å². The summed E-state index contributed by atoms with van der Waals surface area (Å²) in [6, 6.07) is 0. The summed E-state index contributed by atoms with van der Waals surface area (Å²) in [5.74, 6) is 1.30. The molecule has 0 radical (unpaired) electrons. The fourth-order valence-corrected chi connectivity index (χ4v) is 1.87. The number of hydrogen-bond acceptors (Lipinski definition) is 4. The molecular formula is C11H16O4. The van der Waals surface area contributed by atoms with Crippen LogP contribution in [-0.2, 0) is 14.2 Å². The van der Waals surface area contributed by atoms with Gasteiger partial charge in [0.2, 0.25) is 0 Å². The van der Waals surface area contributed by atoms with E-state index in [9.17, 15) is 5.11 Å². The lowest BCUT2D eigenvalue weighted by Crippen LogP contribution is -2.15. The minimum atomic E-state index is -0.147. The highest BCUT2D eigenvalue weighted by atomic mass is 16.7. The van der Waals surface area contributed by atoms with E-state index in [4.69, 9.17) is 14.2 Å². The molecule has 1 saturated heterocycles. The molecule has 2 rings (SSSR count). The van der Waals surface area contributed by atoms with Gasteiger partial charge in [-0.15, -0.1) is 0 Å². The zero-order chi connectivity index (χ0) is 10.7. The summed E-state index contributed by atoms with van der Waals surface area (Å²) in [5, 5.41) is 9.51. The number of hydrogen-bond donors (Lipinski definition) is 1. The molecule has 0 aromatic carbocycles. The van der Waals surface area contributed by atoms with Crippen molar-refractivity contribution in [1.29, 1.82) is 0 Å². The van der Waals surface area contributed by atoms with Gasteiger partial charge in [-0.05, 0) is 12.2 Å². The Bertz CT molecular complexity index is 276. The van der Waals surface area contributed by atoms with E-state index in [0.29, 0.717) is 25.4 Å². The first-order chi connectivity index (χ1) is 7.28. The van der Waals surface area contributed by atoms with Crippen molar-refractivity contribution >= 4 is 0 Å². The minimum absolute atomic E-state index is 0.136. The highest BCUT2D eigenvalue weighted by Gasteiger charge is 2.22. The Hall–Kier alpha value is -1.00. The van der Waals surface area contributed by atoms with Crippen molar-refractivity contribution in [3.8, 4) is 0 Å². The average Bonchev–Trinajstić information content (AvgIpc) is 2.69. The van der Waals surface area contributed by atoms with E-state index >= 15 is 0 Å². The molecule has 1 heterocycles. The third-order valence-electron chi connectivity index (χ3n) is 2.58. The first kappa shape index (κ1) is 10.5. The SMILES string of the molecule is COC1=CC(CC2OCCO2)C=C(O)C1. The van der Waals surface area contributed by atoms with Crippen LogP contribution in [0, 0.1) is 5.92 Å². The lowest BCUT2D eigenvalue weighted by Gasteiger charge is -2.19. The molecule has 2 aliphatic rings. The van der Waals surface area contributed by atoms with Crippen LogP contribution in [0.5, 0.6) is 0 Å². The van der Waals surface area contributed by atoms with Crippen molar-refractivity contribution < 1.29 is 19.3 Å². The van der Waals surface area contributed by atoms with Crippen molar-refractivity contribution in [2.24, 2.45) is 5.92 Å². The molecule has 4 nitrogen and oxygen atoms in total. The summed E-state index contributed by atoms with van der Waals surface area (Å²) in [6.45, 7) is 1.32. The number of allylic oxidation sites excluding steroid dienone is 2. The zero-order valence-electron chi connectivity index (χ0n) is 8.81. The van der Waals surface area contributed by atoms with Crippen molar-refractivity contribution in [1.82, 2.24) is 0 Å². The van der Waals surface area contributed by atoms with Gasteiger partial charge in [0, 0.05) is 12.3 Å². The molecular weight excluding hydrogens is 196 g/mol. The lowest BCUT2D eigenvalue weighted by molar-refractivity contribution is -0.0510. The van der Waals surface area contributed by atoms with E-state index in [1.165, 1.54) is 0 Å². The van der Waals surface area contributed by atoms with Crippen LogP contribution in [0.4, 0.5) is 0 Å². The second-order valence-electron chi connectivity index (χ2n) is 3.74. The van der Waals surface area contributed by atoms with Crippen LogP contribution in [0.2, 0.25) is 0 Å². The maximum atomic E-state index is 9.51. The molecule has 0 bridgehead atoms. The number of aliphatic hydroxyl groups is 1. The third-order valence-corrected chi connectivity index (χ3v) is 2.58. The zero-order valence-corrected chi connectivity index (χ0v) is 8.81. The van der Waals surface area contributed by atoms with Gasteiger partial charge in [0.25, 0.3) is 0 Å². The second kappa shape index (κ2) is 4.68. The topological polar surface area (TPSA) is 47.9 Å². The van der Waals surface area contributed by atoms with Crippen LogP contribution >= 0.6 is 0 Å². The molecule has 1 aliphatic carbocycles. The smallest absolute Gasteiger partial charge is 0.158 e.